The average Bonchev–Trinajstić information content (AvgIpc) is 3.02. The number of benzene rings is 3. The van der Waals surface area contributed by atoms with Crippen molar-refractivity contribution in [2.45, 2.75) is 18.3 Å². The fourth-order valence-corrected chi connectivity index (χ4v) is 3.94. The summed E-state index contributed by atoms with van der Waals surface area (Å²) in [5.41, 5.74) is 3.28. The SMILES string of the molecule is O=C(CC(c1cccc(Cl)c1)C1C(=O)Nc2ccccc21)c1ccccc1. The van der Waals surface area contributed by atoms with Crippen molar-refractivity contribution in [2.75, 3.05) is 5.32 Å². The molecule has 1 heterocycles. The molecule has 27 heavy (non-hydrogen) atoms. The Bertz CT molecular complexity index is 1000. The van der Waals surface area contributed by atoms with Crippen LogP contribution in [0.1, 0.15) is 39.7 Å². The quantitative estimate of drug-likeness (QED) is 0.604. The van der Waals surface area contributed by atoms with Crippen molar-refractivity contribution in [3.8, 4) is 0 Å². The number of carbonyl (C=O) groups excluding carboxylic acids is 2. The number of nitrogens with one attached hydrogen (secondary N) is 1. The average molecular weight is 376 g/mol. The monoisotopic (exact) mass is 375 g/mol. The maximum Gasteiger partial charge on any atom is 0.232 e. The van der Waals surface area contributed by atoms with Gasteiger partial charge in [0, 0.05) is 28.6 Å². The lowest BCUT2D eigenvalue weighted by molar-refractivity contribution is -0.117. The minimum absolute atomic E-state index is 0.0118. The summed E-state index contributed by atoms with van der Waals surface area (Å²) >= 11 is 6.20. The Morgan fingerprint density at radius 2 is 1.70 bits per heavy atom. The highest BCUT2D eigenvalue weighted by molar-refractivity contribution is 6.30. The Kier molecular flexibility index (Phi) is 4.78. The standard InChI is InChI=1S/C23H18ClNO2/c24-17-10-6-9-16(13-17)19(14-21(26)15-7-2-1-3-8-15)22-18-11-4-5-12-20(18)25-23(22)27/h1-13,19,22H,14H2,(H,25,27). The van der Waals surface area contributed by atoms with Crippen LogP contribution in [-0.2, 0) is 4.79 Å². The molecular weight excluding hydrogens is 358 g/mol. The Morgan fingerprint density at radius 1 is 0.963 bits per heavy atom. The van der Waals surface area contributed by atoms with Gasteiger partial charge in [-0.2, -0.15) is 0 Å². The molecule has 0 saturated heterocycles. The number of ketones is 1. The van der Waals surface area contributed by atoms with Crippen molar-refractivity contribution in [1.29, 1.82) is 0 Å². The van der Waals surface area contributed by atoms with E-state index in [9.17, 15) is 9.59 Å². The summed E-state index contributed by atoms with van der Waals surface area (Å²) in [6, 6.07) is 24.3. The van der Waals surface area contributed by atoms with Crippen LogP contribution in [0.15, 0.2) is 78.9 Å². The van der Waals surface area contributed by atoms with Crippen LogP contribution < -0.4 is 5.32 Å². The second kappa shape index (κ2) is 7.37. The molecule has 2 unspecified atom stereocenters. The van der Waals surface area contributed by atoms with Crippen molar-refractivity contribution in [1.82, 2.24) is 0 Å². The Balaban J connectivity index is 1.75. The van der Waals surface area contributed by atoms with Crippen LogP contribution in [0.5, 0.6) is 0 Å². The number of fused-ring (bicyclic) bond motifs is 1. The molecule has 0 radical (unpaired) electrons. The van der Waals surface area contributed by atoms with Gasteiger partial charge in [0.2, 0.25) is 5.91 Å². The molecule has 0 aliphatic carbocycles. The van der Waals surface area contributed by atoms with Gasteiger partial charge < -0.3 is 5.32 Å². The van der Waals surface area contributed by atoms with Gasteiger partial charge in [-0.25, -0.2) is 0 Å². The van der Waals surface area contributed by atoms with E-state index < -0.39 is 5.92 Å². The van der Waals surface area contributed by atoms with Crippen molar-refractivity contribution < 1.29 is 9.59 Å². The van der Waals surface area contributed by atoms with Crippen LogP contribution >= 0.6 is 11.6 Å². The largest absolute Gasteiger partial charge is 0.325 e. The molecule has 0 saturated carbocycles. The molecule has 0 fully saturated rings. The van der Waals surface area contributed by atoms with E-state index in [1.165, 1.54) is 0 Å². The van der Waals surface area contributed by atoms with Gasteiger partial charge in [-0.15, -0.1) is 0 Å². The summed E-state index contributed by atoms with van der Waals surface area (Å²) in [5.74, 6) is -0.785. The maximum absolute atomic E-state index is 12.9. The summed E-state index contributed by atoms with van der Waals surface area (Å²) in [4.78, 5) is 25.7. The van der Waals surface area contributed by atoms with Gasteiger partial charge in [-0.05, 0) is 29.3 Å². The van der Waals surface area contributed by atoms with E-state index in [2.05, 4.69) is 5.32 Å². The van der Waals surface area contributed by atoms with E-state index in [-0.39, 0.29) is 24.0 Å². The first kappa shape index (κ1) is 17.5. The number of rotatable bonds is 5. The lowest BCUT2D eigenvalue weighted by Crippen LogP contribution is -2.22. The zero-order valence-corrected chi connectivity index (χ0v) is 15.3. The molecule has 4 rings (SSSR count). The van der Waals surface area contributed by atoms with Crippen LogP contribution in [0.2, 0.25) is 5.02 Å². The third-order valence-corrected chi connectivity index (χ3v) is 5.25. The topological polar surface area (TPSA) is 46.2 Å². The van der Waals surface area contributed by atoms with E-state index in [4.69, 9.17) is 11.6 Å². The predicted molar refractivity (Wildman–Crippen MR) is 107 cm³/mol. The van der Waals surface area contributed by atoms with Gasteiger partial charge in [-0.3, -0.25) is 9.59 Å². The zero-order valence-electron chi connectivity index (χ0n) is 14.6. The zero-order chi connectivity index (χ0) is 18.8. The van der Waals surface area contributed by atoms with Crippen molar-refractivity contribution in [2.24, 2.45) is 0 Å². The normalized spacial score (nSPS) is 16.5. The van der Waals surface area contributed by atoms with Gasteiger partial charge in [0.05, 0.1) is 5.92 Å². The number of Topliss-reactive ketones (excluding diaryl/α,β-unsaturated/α-hetero) is 1. The van der Waals surface area contributed by atoms with E-state index in [0.717, 1.165) is 16.8 Å². The third kappa shape index (κ3) is 3.51. The first-order valence-electron chi connectivity index (χ1n) is 8.87. The second-order valence-corrected chi connectivity index (χ2v) is 7.15. The highest BCUT2D eigenvalue weighted by Gasteiger charge is 2.38. The molecule has 1 N–H and O–H groups in total. The molecule has 0 spiro atoms. The lowest BCUT2D eigenvalue weighted by atomic mass is 9.78. The third-order valence-electron chi connectivity index (χ3n) is 5.02. The molecule has 1 aliphatic rings. The summed E-state index contributed by atoms with van der Waals surface area (Å²) in [5, 5.41) is 3.54. The molecule has 134 valence electrons. The van der Waals surface area contributed by atoms with Crippen LogP contribution in [0.25, 0.3) is 0 Å². The van der Waals surface area contributed by atoms with E-state index >= 15 is 0 Å². The summed E-state index contributed by atoms with van der Waals surface area (Å²) in [6.45, 7) is 0. The van der Waals surface area contributed by atoms with Gasteiger partial charge in [0.1, 0.15) is 0 Å². The summed E-state index contributed by atoms with van der Waals surface area (Å²) in [6.07, 6.45) is 0.233. The van der Waals surface area contributed by atoms with Crippen LogP contribution in [-0.4, -0.2) is 11.7 Å². The molecule has 4 heteroatoms. The van der Waals surface area contributed by atoms with E-state index in [0.29, 0.717) is 10.6 Å². The molecule has 0 aromatic heterocycles. The molecule has 1 aliphatic heterocycles. The minimum atomic E-state index is -0.424. The molecule has 0 bridgehead atoms. The fraction of sp³-hybridized carbons (Fsp3) is 0.130. The van der Waals surface area contributed by atoms with Crippen LogP contribution in [0, 0.1) is 0 Å². The Morgan fingerprint density at radius 3 is 2.48 bits per heavy atom. The van der Waals surface area contributed by atoms with E-state index in [1.807, 2.05) is 60.7 Å². The minimum Gasteiger partial charge on any atom is -0.325 e. The summed E-state index contributed by atoms with van der Waals surface area (Å²) < 4.78 is 0. The number of hydrogen-bond donors (Lipinski definition) is 1. The number of anilines is 1. The van der Waals surface area contributed by atoms with Gasteiger partial charge in [0.15, 0.2) is 5.78 Å². The number of halogens is 1. The number of amides is 1. The molecule has 3 nitrogen and oxygen atoms in total. The molecule has 3 aromatic carbocycles. The van der Waals surface area contributed by atoms with Crippen molar-refractivity contribution in [3.05, 3.63) is 101 Å². The first-order chi connectivity index (χ1) is 13.1. The molecule has 1 amide bonds. The number of carbonyl (C=O) groups is 2. The van der Waals surface area contributed by atoms with E-state index in [1.54, 1.807) is 18.2 Å². The Hall–Kier alpha value is -2.91. The van der Waals surface area contributed by atoms with Crippen molar-refractivity contribution in [3.63, 3.8) is 0 Å². The molecule has 2 atom stereocenters. The summed E-state index contributed by atoms with van der Waals surface area (Å²) in [7, 11) is 0. The van der Waals surface area contributed by atoms with Crippen molar-refractivity contribution >= 4 is 29.0 Å². The highest BCUT2D eigenvalue weighted by atomic mass is 35.5. The number of para-hydroxylation sites is 1. The lowest BCUT2D eigenvalue weighted by Gasteiger charge is -2.23. The Labute approximate surface area is 163 Å². The highest BCUT2D eigenvalue weighted by Crippen LogP contribution is 2.44. The molecule has 3 aromatic rings. The smallest absolute Gasteiger partial charge is 0.232 e. The molecular formula is C23H18ClNO2. The maximum atomic E-state index is 12.9. The van der Waals surface area contributed by atoms with Gasteiger partial charge in [-0.1, -0.05) is 72.3 Å². The fourth-order valence-electron chi connectivity index (χ4n) is 3.74. The van der Waals surface area contributed by atoms with Crippen LogP contribution in [0.3, 0.4) is 0 Å². The van der Waals surface area contributed by atoms with Crippen LogP contribution in [0.4, 0.5) is 5.69 Å². The number of hydrogen-bond acceptors (Lipinski definition) is 2. The van der Waals surface area contributed by atoms with Gasteiger partial charge in [0.25, 0.3) is 0 Å². The predicted octanol–water partition coefficient (Wildman–Crippen LogP) is 5.43. The first-order valence-corrected chi connectivity index (χ1v) is 9.25. The second-order valence-electron chi connectivity index (χ2n) is 6.71. The van der Waals surface area contributed by atoms with Gasteiger partial charge >= 0.3 is 0 Å².